The molecule has 1 saturated carbocycles. The van der Waals surface area contributed by atoms with E-state index in [1.54, 1.807) is 7.11 Å². The molecule has 4 heteroatoms. The summed E-state index contributed by atoms with van der Waals surface area (Å²) in [6.45, 7) is 1.49. The minimum Gasteiger partial charge on any atom is -0.383 e. The highest BCUT2D eigenvalue weighted by molar-refractivity contribution is 5.76. The first-order valence-electron chi connectivity index (χ1n) is 6.48. The fourth-order valence-electron chi connectivity index (χ4n) is 2.65. The molecule has 1 heterocycles. The zero-order chi connectivity index (χ0) is 12.6. The fraction of sp³-hybridized carbons (Fsp3) is 0.500. The monoisotopic (exact) mass is 245 g/mol. The summed E-state index contributed by atoms with van der Waals surface area (Å²) >= 11 is 0. The number of hydrogen-bond acceptors (Lipinski definition) is 3. The van der Waals surface area contributed by atoms with Gasteiger partial charge in [-0.15, -0.1) is 0 Å². The van der Waals surface area contributed by atoms with Crippen LogP contribution >= 0.6 is 0 Å². The Balaban J connectivity index is 2.10. The molecule has 1 aromatic heterocycles. The van der Waals surface area contributed by atoms with E-state index in [0.717, 1.165) is 36.2 Å². The van der Waals surface area contributed by atoms with Gasteiger partial charge in [-0.2, -0.15) is 0 Å². The highest BCUT2D eigenvalue weighted by Crippen LogP contribution is 2.39. The summed E-state index contributed by atoms with van der Waals surface area (Å²) < 4.78 is 7.41. The molecule has 0 atom stereocenters. The first-order chi connectivity index (χ1) is 8.74. The Bertz CT molecular complexity index is 557. The second kappa shape index (κ2) is 4.37. The van der Waals surface area contributed by atoms with E-state index < -0.39 is 0 Å². The van der Waals surface area contributed by atoms with E-state index in [1.165, 1.54) is 6.42 Å². The average molecular weight is 245 g/mol. The third-order valence-electron chi connectivity index (χ3n) is 3.86. The van der Waals surface area contributed by atoms with Gasteiger partial charge in [0.25, 0.3) is 0 Å². The molecular weight excluding hydrogens is 226 g/mol. The van der Waals surface area contributed by atoms with Crippen LogP contribution in [0.1, 0.15) is 25.1 Å². The van der Waals surface area contributed by atoms with E-state index in [2.05, 4.69) is 10.6 Å². The van der Waals surface area contributed by atoms with Crippen LogP contribution in [-0.4, -0.2) is 23.3 Å². The maximum absolute atomic E-state index is 6.44. The lowest BCUT2D eigenvalue weighted by atomic mass is 9.77. The van der Waals surface area contributed by atoms with E-state index in [9.17, 15) is 0 Å². The van der Waals surface area contributed by atoms with E-state index >= 15 is 0 Å². The third kappa shape index (κ3) is 1.72. The molecule has 1 aliphatic carbocycles. The minimum absolute atomic E-state index is 0.229. The SMILES string of the molecule is COCCn1c(C2(N)CCC2)nc2ccccc21. The van der Waals surface area contributed by atoms with Crippen molar-refractivity contribution < 1.29 is 4.74 Å². The molecule has 0 aliphatic heterocycles. The largest absolute Gasteiger partial charge is 0.383 e. The number of imidazole rings is 1. The van der Waals surface area contributed by atoms with Crippen LogP contribution in [0.4, 0.5) is 0 Å². The quantitative estimate of drug-likeness (QED) is 0.896. The number of methoxy groups -OCH3 is 1. The Labute approximate surface area is 107 Å². The van der Waals surface area contributed by atoms with Crippen molar-refractivity contribution in [3.8, 4) is 0 Å². The van der Waals surface area contributed by atoms with E-state index in [4.69, 9.17) is 15.5 Å². The van der Waals surface area contributed by atoms with Gasteiger partial charge in [0.1, 0.15) is 5.82 Å². The van der Waals surface area contributed by atoms with Crippen LogP contribution in [0.2, 0.25) is 0 Å². The van der Waals surface area contributed by atoms with Gasteiger partial charge in [0, 0.05) is 13.7 Å². The van der Waals surface area contributed by atoms with Crippen molar-refractivity contribution in [2.45, 2.75) is 31.3 Å². The zero-order valence-corrected chi connectivity index (χ0v) is 10.7. The van der Waals surface area contributed by atoms with Gasteiger partial charge in [0.15, 0.2) is 0 Å². The topological polar surface area (TPSA) is 53.1 Å². The van der Waals surface area contributed by atoms with Crippen molar-refractivity contribution >= 4 is 11.0 Å². The van der Waals surface area contributed by atoms with Crippen LogP contribution in [0.25, 0.3) is 11.0 Å². The molecule has 3 rings (SSSR count). The maximum atomic E-state index is 6.44. The lowest BCUT2D eigenvalue weighted by Crippen LogP contribution is -2.45. The molecule has 1 fully saturated rings. The molecule has 18 heavy (non-hydrogen) atoms. The van der Waals surface area contributed by atoms with E-state index in [0.29, 0.717) is 6.61 Å². The molecule has 2 N–H and O–H groups in total. The number of para-hydroxylation sites is 2. The second-order valence-electron chi connectivity index (χ2n) is 5.08. The summed E-state index contributed by atoms with van der Waals surface area (Å²) in [6.07, 6.45) is 3.26. The average Bonchev–Trinajstić information content (AvgIpc) is 2.72. The van der Waals surface area contributed by atoms with Crippen LogP contribution < -0.4 is 5.73 Å². The molecule has 0 bridgehead atoms. The number of aromatic nitrogens is 2. The van der Waals surface area contributed by atoms with Crippen molar-refractivity contribution in [1.82, 2.24) is 9.55 Å². The summed E-state index contributed by atoms with van der Waals surface area (Å²) in [4.78, 5) is 4.74. The third-order valence-corrected chi connectivity index (χ3v) is 3.86. The van der Waals surface area contributed by atoms with Gasteiger partial charge in [-0.25, -0.2) is 4.98 Å². The van der Waals surface area contributed by atoms with Gasteiger partial charge in [-0.1, -0.05) is 12.1 Å². The highest BCUT2D eigenvalue weighted by Gasteiger charge is 2.38. The molecule has 0 radical (unpaired) electrons. The summed E-state index contributed by atoms with van der Waals surface area (Å²) in [7, 11) is 1.72. The van der Waals surface area contributed by atoms with Crippen LogP contribution in [0.15, 0.2) is 24.3 Å². The Kier molecular flexibility index (Phi) is 2.84. The van der Waals surface area contributed by atoms with E-state index in [-0.39, 0.29) is 5.54 Å². The molecule has 1 aliphatic rings. The second-order valence-corrected chi connectivity index (χ2v) is 5.08. The van der Waals surface area contributed by atoms with Crippen molar-refractivity contribution in [2.24, 2.45) is 5.73 Å². The fourth-order valence-corrected chi connectivity index (χ4v) is 2.65. The molecule has 1 aromatic carbocycles. The summed E-state index contributed by atoms with van der Waals surface area (Å²) in [5.41, 5.74) is 8.39. The predicted octanol–water partition coefficient (Wildman–Crippen LogP) is 2.02. The van der Waals surface area contributed by atoms with Crippen molar-refractivity contribution in [2.75, 3.05) is 13.7 Å². The summed E-state index contributed by atoms with van der Waals surface area (Å²) in [5.74, 6) is 1.02. The first-order valence-corrected chi connectivity index (χ1v) is 6.48. The first kappa shape index (κ1) is 11.7. The lowest BCUT2D eigenvalue weighted by molar-refractivity contribution is 0.178. The molecule has 4 nitrogen and oxygen atoms in total. The Morgan fingerprint density at radius 2 is 2.17 bits per heavy atom. The zero-order valence-electron chi connectivity index (χ0n) is 10.7. The van der Waals surface area contributed by atoms with Gasteiger partial charge >= 0.3 is 0 Å². The molecule has 0 amide bonds. The Morgan fingerprint density at radius 3 is 2.83 bits per heavy atom. The smallest absolute Gasteiger partial charge is 0.130 e. The summed E-state index contributed by atoms with van der Waals surface area (Å²) in [5, 5.41) is 0. The summed E-state index contributed by atoms with van der Waals surface area (Å²) in [6, 6.07) is 8.21. The van der Waals surface area contributed by atoms with Crippen molar-refractivity contribution in [3.63, 3.8) is 0 Å². The number of ether oxygens (including phenoxy) is 1. The molecular formula is C14H19N3O. The van der Waals surface area contributed by atoms with Gasteiger partial charge in [-0.05, 0) is 31.4 Å². The van der Waals surface area contributed by atoms with Crippen molar-refractivity contribution in [1.29, 1.82) is 0 Å². The van der Waals surface area contributed by atoms with Gasteiger partial charge in [0.05, 0.1) is 23.2 Å². The molecule has 2 aromatic rings. The van der Waals surface area contributed by atoms with Gasteiger partial charge in [0.2, 0.25) is 0 Å². The highest BCUT2D eigenvalue weighted by atomic mass is 16.5. The number of nitrogens with two attached hydrogens (primary N) is 1. The molecule has 0 spiro atoms. The van der Waals surface area contributed by atoms with Gasteiger partial charge < -0.3 is 15.0 Å². The Morgan fingerprint density at radius 1 is 1.39 bits per heavy atom. The maximum Gasteiger partial charge on any atom is 0.130 e. The number of rotatable bonds is 4. The van der Waals surface area contributed by atoms with E-state index in [1.807, 2.05) is 18.2 Å². The van der Waals surface area contributed by atoms with Crippen LogP contribution in [-0.2, 0) is 16.8 Å². The standard InChI is InChI=1S/C14H19N3O/c1-18-10-9-17-12-6-3-2-5-11(12)16-13(17)14(15)7-4-8-14/h2-3,5-6H,4,7-10,15H2,1H3. The molecule has 96 valence electrons. The lowest BCUT2D eigenvalue weighted by Gasteiger charge is -2.37. The van der Waals surface area contributed by atoms with Crippen LogP contribution in [0.5, 0.6) is 0 Å². The number of hydrogen-bond donors (Lipinski definition) is 1. The van der Waals surface area contributed by atoms with Crippen LogP contribution in [0.3, 0.4) is 0 Å². The normalized spacial score (nSPS) is 17.9. The number of benzene rings is 1. The van der Waals surface area contributed by atoms with Crippen LogP contribution in [0, 0.1) is 0 Å². The molecule has 0 saturated heterocycles. The minimum atomic E-state index is -0.229. The van der Waals surface area contributed by atoms with Gasteiger partial charge in [-0.3, -0.25) is 0 Å². The number of fused-ring (bicyclic) bond motifs is 1. The Hall–Kier alpha value is -1.39. The number of nitrogens with zero attached hydrogens (tertiary/aromatic N) is 2. The predicted molar refractivity (Wildman–Crippen MR) is 71.3 cm³/mol. The molecule has 0 unspecified atom stereocenters. The van der Waals surface area contributed by atoms with Crippen molar-refractivity contribution in [3.05, 3.63) is 30.1 Å².